The summed E-state index contributed by atoms with van der Waals surface area (Å²) in [5, 5.41) is 2.48. The number of hydrogen-bond acceptors (Lipinski definition) is 2. The maximum atomic E-state index is 2.44. The molecule has 0 radical (unpaired) electrons. The van der Waals surface area contributed by atoms with E-state index in [1.54, 1.807) is 0 Å². The minimum atomic E-state index is 1.09. The van der Waals surface area contributed by atoms with Crippen molar-refractivity contribution < 1.29 is 0 Å². The zero-order valence-electron chi connectivity index (χ0n) is 28.0. The molecule has 3 heteroatoms. The average Bonchev–Trinajstić information content (AvgIpc) is 3.54. The Balaban J connectivity index is 1.25. The van der Waals surface area contributed by atoms with Gasteiger partial charge in [0.05, 0.1) is 16.7 Å². The summed E-state index contributed by atoms with van der Waals surface area (Å²) < 4.78 is 2.44. The van der Waals surface area contributed by atoms with Crippen LogP contribution in [0.4, 0.5) is 34.1 Å². The average molecular weight is 654 g/mol. The first-order valence-corrected chi connectivity index (χ1v) is 17.4. The Bertz CT molecular complexity index is 2430. The van der Waals surface area contributed by atoms with Gasteiger partial charge in [-0.05, 0) is 90.5 Å². The molecule has 8 aromatic carbocycles. The maximum absolute atomic E-state index is 2.44. The molecule has 1 aromatic heterocycles. The molecule has 9 rings (SSSR count). The fourth-order valence-corrected chi connectivity index (χ4v) is 7.26. The first-order valence-electron chi connectivity index (χ1n) is 17.4. The molecule has 0 aliphatic heterocycles. The van der Waals surface area contributed by atoms with E-state index in [1.807, 2.05) is 0 Å². The van der Waals surface area contributed by atoms with Crippen molar-refractivity contribution in [2.24, 2.45) is 0 Å². The number of benzene rings is 8. The molecular weight excluding hydrogens is 619 g/mol. The van der Waals surface area contributed by atoms with Crippen LogP contribution in [0.5, 0.6) is 0 Å². The highest BCUT2D eigenvalue weighted by Gasteiger charge is 2.20. The first kappa shape index (κ1) is 30.2. The van der Waals surface area contributed by atoms with Gasteiger partial charge in [0.25, 0.3) is 0 Å². The molecule has 0 saturated carbocycles. The van der Waals surface area contributed by atoms with Crippen molar-refractivity contribution in [3.63, 3.8) is 0 Å². The van der Waals surface area contributed by atoms with E-state index >= 15 is 0 Å². The molecule has 0 atom stereocenters. The molecule has 0 aliphatic carbocycles. The molecule has 0 amide bonds. The van der Waals surface area contributed by atoms with Gasteiger partial charge in [0.2, 0.25) is 0 Å². The Kier molecular flexibility index (Phi) is 7.84. The van der Waals surface area contributed by atoms with Crippen molar-refractivity contribution in [1.82, 2.24) is 4.57 Å². The molecule has 0 N–H and O–H groups in total. The van der Waals surface area contributed by atoms with Crippen LogP contribution in [0.1, 0.15) is 0 Å². The number of aromatic nitrogens is 1. The van der Waals surface area contributed by atoms with E-state index in [0.717, 1.165) is 50.9 Å². The van der Waals surface area contributed by atoms with Gasteiger partial charge in [0, 0.05) is 50.5 Å². The van der Waals surface area contributed by atoms with Crippen molar-refractivity contribution in [1.29, 1.82) is 0 Å². The third kappa shape index (κ3) is 5.61. The summed E-state index contributed by atoms with van der Waals surface area (Å²) in [6.45, 7) is 0. The van der Waals surface area contributed by atoms with Gasteiger partial charge in [-0.15, -0.1) is 0 Å². The molecule has 9 aromatic rings. The standard InChI is InChI=1S/C48H35N3/c1-5-17-37(18-6-1)49(38-19-7-2-8-20-38)41-31-29-36(30-32-41)43-34-33-42(50(39-21-9-3-10-22-39)40-23-11-4-12-24-40)35-48(43)51-46-27-15-13-25-44(46)45-26-14-16-28-47(45)51/h1-35H. The van der Waals surface area contributed by atoms with Crippen LogP contribution in [0.2, 0.25) is 0 Å². The monoisotopic (exact) mass is 653 g/mol. The summed E-state index contributed by atoms with van der Waals surface area (Å²) in [5.74, 6) is 0. The molecule has 51 heavy (non-hydrogen) atoms. The van der Waals surface area contributed by atoms with E-state index in [-0.39, 0.29) is 0 Å². The zero-order valence-corrected chi connectivity index (χ0v) is 28.0. The molecular formula is C48H35N3. The largest absolute Gasteiger partial charge is 0.311 e. The molecule has 1 heterocycles. The van der Waals surface area contributed by atoms with Crippen molar-refractivity contribution >= 4 is 55.9 Å². The van der Waals surface area contributed by atoms with Crippen LogP contribution in [0.3, 0.4) is 0 Å². The predicted molar refractivity (Wildman–Crippen MR) is 216 cm³/mol. The van der Waals surface area contributed by atoms with E-state index in [2.05, 4.69) is 227 Å². The summed E-state index contributed by atoms with van der Waals surface area (Å²) in [6, 6.07) is 75.7. The Morgan fingerprint density at radius 1 is 0.294 bits per heavy atom. The van der Waals surface area contributed by atoms with Crippen molar-refractivity contribution in [3.05, 3.63) is 212 Å². The lowest BCUT2D eigenvalue weighted by Crippen LogP contribution is -2.11. The highest BCUT2D eigenvalue weighted by Crippen LogP contribution is 2.42. The molecule has 0 fully saturated rings. The van der Waals surface area contributed by atoms with Crippen molar-refractivity contribution in [2.75, 3.05) is 9.80 Å². The van der Waals surface area contributed by atoms with Crippen molar-refractivity contribution in [2.45, 2.75) is 0 Å². The number of para-hydroxylation sites is 6. The van der Waals surface area contributed by atoms with E-state index in [0.29, 0.717) is 0 Å². The van der Waals surface area contributed by atoms with Crippen LogP contribution in [-0.2, 0) is 0 Å². The van der Waals surface area contributed by atoms with Gasteiger partial charge in [-0.1, -0.05) is 127 Å². The third-order valence-electron chi connectivity index (χ3n) is 9.55. The van der Waals surface area contributed by atoms with Crippen LogP contribution in [-0.4, -0.2) is 4.57 Å². The van der Waals surface area contributed by atoms with Gasteiger partial charge >= 0.3 is 0 Å². The summed E-state index contributed by atoms with van der Waals surface area (Å²) in [6.07, 6.45) is 0. The smallest absolute Gasteiger partial charge is 0.0561 e. The molecule has 0 aliphatic rings. The van der Waals surface area contributed by atoms with E-state index < -0.39 is 0 Å². The summed E-state index contributed by atoms with van der Waals surface area (Å²) in [7, 11) is 0. The first-order chi connectivity index (χ1) is 25.3. The fraction of sp³-hybridized carbons (Fsp3) is 0. The van der Waals surface area contributed by atoms with Crippen LogP contribution in [0.25, 0.3) is 38.6 Å². The van der Waals surface area contributed by atoms with Crippen LogP contribution >= 0.6 is 0 Å². The molecule has 0 bridgehead atoms. The lowest BCUT2D eigenvalue weighted by molar-refractivity contribution is 1.17. The Morgan fingerprint density at radius 3 is 1.10 bits per heavy atom. The second-order valence-corrected chi connectivity index (χ2v) is 12.6. The molecule has 0 unspecified atom stereocenters. The number of anilines is 6. The normalized spacial score (nSPS) is 11.1. The SMILES string of the molecule is c1ccc(N(c2ccccc2)c2ccc(-c3ccc(N(c4ccccc4)c4ccccc4)cc3-n3c4ccccc4c4ccccc43)cc2)cc1. The maximum Gasteiger partial charge on any atom is 0.0561 e. The number of fused-ring (bicyclic) bond motifs is 3. The number of rotatable bonds is 8. The van der Waals surface area contributed by atoms with Crippen LogP contribution < -0.4 is 9.80 Å². The summed E-state index contributed by atoms with van der Waals surface area (Å²) in [5.41, 5.74) is 12.4. The van der Waals surface area contributed by atoms with E-state index in [1.165, 1.54) is 21.8 Å². The van der Waals surface area contributed by atoms with Crippen molar-refractivity contribution in [3.8, 4) is 16.8 Å². The van der Waals surface area contributed by atoms with Gasteiger partial charge in [0.15, 0.2) is 0 Å². The highest BCUT2D eigenvalue weighted by molar-refractivity contribution is 6.10. The second-order valence-electron chi connectivity index (χ2n) is 12.6. The molecule has 0 saturated heterocycles. The zero-order chi connectivity index (χ0) is 34.0. The minimum absolute atomic E-state index is 1.09. The van der Waals surface area contributed by atoms with Gasteiger partial charge in [-0.3, -0.25) is 0 Å². The van der Waals surface area contributed by atoms with Gasteiger partial charge in [0.1, 0.15) is 0 Å². The highest BCUT2D eigenvalue weighted by atomic mass is 15.1. The summed E-state index contributed by atoms with van der Waals surface area (Å²) >= 11 is 0. The Hall–Kier alpha value is -6.84. The predicted octanol–water partition coefficient (Wildman–Crippen LogP) is 13.4. The van der Waals surface area contributed by atoms with E-state index in [4.69, 9.17) is 0 Å². The lowest BCUT2D eigenvalue weighted by atomic mass is 10.0. The minimum Gasteiger partial charge on any atom is -0.311 e. The van der Waals surface area contributed by atoms with Crippen LogP contribution in [0.15, 0.2) is 212 Å². The molecule has 242 valence electrons. The Labute approximate surface area is 298 Å². The van der Waals surface area contributed by atoms with E-state index in [9.17, 15) is 0 Å². The number of hydrogen-bond donors (Lipinski definition) is 0. The van der Waals surface area contributed by atoms with Gasteiger partial charge < -0.3 is 14.4 Å². The van der Waals surface area contributed by atoms with Gasteiger partial charge in [-0.2, -0.15) is 0 Å². The quantitative estimate of drug-likeness (QED) is 0.162. The van der Waals surface area contributed by atoms with Gasteiger partial charge in [-0.25, -0.2) is 0 Å². The number of nitrogens with zero attached hydrogens (tertiary/aromatic N) is 3. The second kappa shape index (κ2) is 13.2. The Morgan fingerprint density at radius 2 is 0.647 bits per heavy atom. The van der Waals surface area contributed by atoms with Crippen LogP contribution in [0, 0.1) is 0 Å². The lowest BCUT2D eigenvalue weighted by Gasteiger charge is -2.27. The summed E-state index contributed by atoms with van der Waals surface area (Å²) in [4.78, 5) is 4.64. The topological polar surface area (TPSA) is 11.4 Å². The molecule has 3 nitrogen and oxygen atoms in total. The third-order valence-corrected chi connectivity index (χ3v) is 9.55. The fourth-order valence-electron chi connectivity index (χ4n) is 7.26. The molecule has 0 spiro atoms.